The molecule has 3 aliphatic heterocycles. The Kier molecular flexibility index (Phi) is 3.19. The molecular weight excluding hydrogens is 365 g/mol. The van der Waals surface area contributed by atoms with E-state index < -0.39 is 59.9 Å². The summed E-state index contributed by atoms with van der Waals surface area (Å²) in [5.74, 6) is -5.64. The van der Waals surface area contributed by atoms with Crippen molar-refractivity contribution in [2.75, 3.05) is 13.0 Å². The molecule has 7 nitrogen and oxygen atoms in total. The molecule has 1 aromatic rings. The standard InChI is InChI=1S/C20H22FN3O4/c1-20(2,3)23-8-10(9-23)11-6-12-13(7-14(11)21)19(28)24(18(12)27)15-4-5-16(25)22-17(15)26/h6-7,10,15H,4-5,8-9H2,1-3H3,(H,22,25,26)/t15-/m0/s1/i8D2,9D2. The van der Waals surface area contributed by atoms with Gasteiger partial charge in [-0.2, -0.15) is 0 Å². The molecule has 0 spiro atoms. The maximum atomic E-state index is 15.1. The number of nitrogens with one attached hydrogen (secondary N) is 1. The molecule has 28 heavy (non-hydrogen) atoms. The fraction of sp³-hybridized carbons (Fsp3) is 0.500. The highest BCUT2D eigenvalue weighted by Gasteiger charge is 2.46. The molecule has 4 amide bonds. The van der Waals surface area contributed by atoms with Gasteiger partial charge < -0.3 is 0 Å². The fourth-order valence-corrected chi connectivity index (χ4v) is 3.51. The maximum absolute atomic E-state index is 15.1. The zero-order valence-corrected chi connectivity index (χ0v) is 15.6. The lowest BCUT2D eigenvalue weighted by Gasteiger charge is -2.48. The number of piperidine rings is 1. The van der Waals surface area contributed by atoms with Crippen LogP contribution in [0.4, 0.5) is 4.39 Å². The molecule has 0 aliphatic carbocycles. The average Bonchev–Trinajstić information content (AvgIpc) is 2.83. The van der Waals surface area contributed by atoms with E-state index in [9.17, 15) is 19.2 Å². The van der Waals surface area contributed by atoms with Crippen molar-refractivity contribution in [1.29, 1.82) is 0 Å². The van der Waals surface area contributed by atoms with E-state index in [0.29, 0.717) is 4.90 Å². The number of nitrogens with zero attached hydrogens (tertiary/aromatic N) is 2. The van der Waals surface area contributed by atoms with Gasteiger partial charge in [0.15, 0.2) is 0 Å². The number of amides is 4. The van der Waals surface area contributed by atoms with Gasteiger partial charge in [0.25, 0.3) is 11.8 Å². The highest BCUT2D eigenvalue weighted by atomic mass is 19.1. The van der Waals surface area contributed by atoms with Gasteiger partial charge >= 0.3 is 0 Å². The largest absolute Gasteiger partial charge is 0.297 e. The van der Waals surface area contributed by atoms with Crippen LogP contribution in [0.3, 0.4) is 0 Å². The normalized spacial score (nSPS) is 29.4. The van der Waals surface area contributed by atoms with E-state index >= 15 is 4.39 Å². The third-order valence-corrected chi connectivity index (χ3v) is 5.06. The van der Waals surface area contributed by atoms with E-state index in [4.69, 9.17) is 5.48 Å². The Labute approximate surface area is 167 Å². The number of imide groups is 2. The smallest absolute Gasteiger partial charge is 0.262 e. The fourth-order valence-electron chi connectivity index (χ4n) is 3.51. The van der Waals surface area contributed by atoms with Crippen LogP contribution >= 0.6 is 0 Å². The first-order valence-electron chi connectivity index (χ1n) is 11.0. The summed E-state index contributed by atoms with van der Waals surface area (Å²) in [6.45, 7) is 0.394. The second kappa shape index (κ2) is 6.20. The van der Waals surface area contributed by atoms with Gasteiger partial charge in [0.05, 0.1) is 11.1 Å². The highest BCUT2D eigenvalue weighted by Crippen LogP contribution is 2.37. The molecule has 148 valence electrons. The zero-order chi connectivity index (χ0) is 24.0. The van der Waals surface area contributed by atoms with Gasteiger partial charge in [-0.25, -0.2) is 4.39 Å². The molecule has 2 saturated heterocycles. The van der Waals surface area contributed by atoms with Crippen LogP contribution < -0.4 is 5.32 Å². The summed E-state index contributed by atoms with van der Waals surface area (Å²) in [6, 6.07) is 0.587. The summed E-state index contributed by atoms with van der Waals surface area (Å²) in [7, 11) is 0. The zero-order valence-electron chi connectivity index (χ0n) is 19.6. The number of halogens is 1. The quantitative estimate of drug-likeness (QED) is 0.771. The van der Waals surface area contributed by atoms with Gasteiger partial charge in [0.2, 0.25) is 11.8 Å². The Bertz CT molecular complexity index is 1070. The summed E-state index contributed by atoms with van der Waals surface area (Å²) in [5.41, 5.74) is -1.76. The summed E-state index contributed by atoms with van der Waals surface area (Å²) in [4.78, 5) is 51.1. The number of hydrogen-bond acceptors (Lipinski definition) is 5. The number of likely N-dealkylation sites (tertiary alicyclic amines) is 1. The van der Waals surface area contributed by atoms with Crippen LogP contribution in [0.25, 0.3) is 0 Å². The Morgan fingerprint density at radius 3 is 2.29 bits per heavy atom. The van der Waals surface area contributed by atoms with Crippen LogP contribution in [0.15, 0.2) is 12.1 Å². The summed E-state index contributed by atoms with van der Waals surface area (Å²) < 4.78 is 48.7. The van der Waals surface area contributed by atoms with Crippen molar-refractivity contribution in [3.8, 4) is 0 Å². The van der Waals surface area contributed by atoms with Crippen LogP contribution in [-0.4, -0.2) is 58.0 Å². The van der Waals surface area contributed by atoms with Gasteiger partial charge in [-0.1, -0.05) is 0 Å². The molecule has 1 N–H and O–H groups in total. The number of rotatable bonds is 2. The third-order valence-electron chi connectivity index (χ3n) is 5.06. The SMILES string of the molecule is [2H]C1([2H])C(c2cc3c(cc2F)C(=O)N([C@H]2CCC(=O)NC2=O)C3=O)C([2H])([2H])N1C(C)(C)C. The van der Waals surface area contributed by atoms with Crippen molar-refractivity contribution in [3.05, 3.63) is 34.6 Å². The van der Waals surface area contributed by atoms with Gasteiger partial charge in [-0.3, -0.25) is 34.3 Å². The van der Waals surface area contributed by atoms with E-state index in [1.807, 2.05) is 0 Å². The molecule has 2 fully saturated rings. The minimum Gasteiger partial charge on any atom is -0.297 e. The summed E-state index contributed by atoms with van der Waals surface area (Å²) in [6.07, 6.45) is -0.117. The van der Waals surface area contributed by atoms with Crippen LogP contribution in [0, 0.1) is 5.82 Å². The van der Waals surface area contributed by atoms with Gasteiger partial charge in [-0.05, 0) is 44.9 Å². The van der Waals surface area contributed by atoms with Crippen molar-refractivity contribution < 1.29 is 29.1 Å². The second-order valence-electron chi connectivity index (χ2n) is 8.06. The predicted molar refractivity (Wildman–Crippen MR) is 97.1 cm³/mol. The number of benzene rings is 1. The number of carbonyl (C=O) groups is 4. The molecule has 0 unspecified atom stereocenters. The lowest BCUT2D eigenvalue weighted by atomic mass is 9.85. The molecule has 1 atom stereocenters. The first kappa shape index (κ1) is 14.4. The first-order valence-corrected chi connectivity index (χ1v) is 8.95. The van der Waals surface area contributed by atoms with E-state index in [0.717, 1.165) is 17.0 Å². The molecule has 1 aromatic carbocycles. The van der Waals surface area contributed by atoms with Crippen molar-refractivity contribution in [2.24, 2.45) is 0 Å². The Morgan fingerprint density at radius 2 is 1.71 bits per heavy atom. The number of hydrogen-bond donors (Lipinski definition) is 1. The average molecular weight is 391 g/mol. The molecule has 0 saturated carbocycles. The van der Waals surface area contributed by atoms with Crippen LogP contribution in [0.2, 0.25) is 0 Å². The predicted octanol–water partition coefficient (Wildman–Crippen LogP) is 1.42. The topological polar surface area (TPSA) is 86.8 Å². The van der Waals surface area contributed by atoms with E-state index in [1.165, 1.54) is 0 Å². The molecule has 4 rings (SSSR count). The van der Waals surface area contributed by atoms with Crippen molar-refractivity contribution in [1.82, 2.24) is 15.1 Å². The minimum atomic E-state index is -2.26. The minimum absolute atomic E-state index is 0.0558. The number of fused-ring (bicyclic) bond motifs is 1. The third kappa shape index (κ3) is 2.83. The van der Waals surface area contributed by atoms with Gasteiger partial charge in [0, 0.05) is 36.4 Å². The van der Waals surface area contributed by atoms with Crippen molar-refractivity contribution in [3.63, 3.8) is 0 Å². The van der Waals surface area contributed by atoms with Crippen LogP contribution in [0.5, 0.6) is 0 Å². The van der Waals surface area contributed by atoms with Crippen molar-refractivity contribution >= 4 is 23.6 Å². The van der Waals surface area contributed by atoms with Crippen molar-refractivity contribution in [2.45, 2.75) is 51.1 Å². The van der Waals surface area contributed by atoms with Crippen LogP contribution in [0.1, 0.15) is 71.3 Å². The number of carbonyl (C=O) groups excluding carboxylic acids is 4. The van der Waals surface area contributed by atoms with Crippen LogP contribution in [-0.2, 0) is 9.59 Å². The Balaban J connectivity index is 1.74. The molecule has 3 heterocycles. The van der Waals surface area contributed by atoms with Gasteiger partial charge in [-0.15, -0.1) is 0 Å². The van der Waals surface area contributed by atoms with E-state index in [2.05, 4.69) is 5.32 Å². The van der Waals surface area contributed by atoms with E-state index in [-0.39, 0.29) is 29.5 Å². The molecule has 0 radical (unpaired) electrons. The second-order valence-corrected chi connectivity index (χ2v) is 8.06. The first-order chi connectivity index (χ1) is 14.6. The molecule has 3 aliphatic rings. The monoisotopic (exact) mass is 391 g/mol. The molecular formula is C20H22FN3O4. The highest BCUT2D eigenvalue weighted by molar-refractivity contribution is 6.23. The summed E-state index contributed by atoms with van der Waals surface area (Å²) in [5, 5.41) is 2.07. The maximum Gasteiger partial charge on any atom is 0.262 e. The molecule has 0 aromatic heterocycles. The van der Waals surface area contributed by atoms with Gasteiger partial charge in [0.1, 0.15) is 11.9 Å². The summed E-state index contributed by atoms with van der Waals surface area (Å²) >= 11 is 0. The molecule has 8 heteroatoms. The Morgan fingerprint density at radius 1 is 1.11 bits per heavy atom. The molecule has 0 bridgehead atoms. The Hall–Kier alpha value is -2.61. The lowest BCUT2D eigenvalue weighted by molar-refractivity contribution is -0.136. The lowest BCUT2D eigenvalue weighted by Crippen LogP contribution is -2.54. The van der Waals surface area contributed by atoms with E-state index in [1.54, 1.807) is 20.8 Å².